The van der Waals surface area contributed by atoms with Gasteiger partial charge in [-0.1, -0.05) is 6.58 Å². The lowest BCUT2D eigenvalue weighted by Gasteiger charge is -2.39. The van der Waals surface area contributed by atoms with E-state index in [-0.39, 0.29) is 11.5 Å². The molecule has 0 amide bonds. The van der Waals surface area contributed by atoms with Crippen molar-refractivity contribution in [3.8, 4) is 0 Å². The van der Waals surface area contributed by atoms with Gasteiger partial charge in [-0.05, 0) is 6.92 Å². The maximum absolute atomic E-state index is 11.4. The molecule has 0 radical (unpaired) electrons. The van der Waals surface area contributed by atoms with Crippen molar-refractivity contribution in [3.05, 3.63) is 24.4 Å². The van der Waals surface area contributed by atoms with E-state index < -0.39 is 43.1 Å². The normalized spacial score (nSPS) is 33.9. The first-order valence-electron chi connectivity index (χ1n) is 6.30. The van der Waals surface area contributed by atoms with Gasteiger partial charge in [0, 0.05) is 6.92 Å². The minimum Gasteiger partial charge on any atom is -0.463 e. The summed E-state index contributed by atoms with van der Waals surface area (Å²) in [6.45, 7) is 5.40. The molecule has 1 fully saturated rings. The standard InChI is InChI=1S/C13H20O8/c1-4-19-12(6(2)15)7(3)20-13-11(18)10(17)9(16)8(5-14)21-13/h4,8-11,13-14,16-18H,1,5H2,2-3H3. The fourth-order valence-corrected chi connectivity index (χ4v) is 1.89. The van der Waals surface area contributed by atoms with Crippen LogP contribution in [0.1, 0.15) is 13.8 Å². The van der Waals surface area contributed by atoms with Crippen LogP contribution in [0, 0.1) is 0 Å². The van der Waals surface area contributed by atoms with Crippen LogP contribution in [-0.4, -0.2) is 63.5 Å². The monoisotopic (exact) mass is 304 g/mol. The molecule has 21 heavy (non-hydrogen) atoms. The lowest BCUT2D eigenvalue weighted by atomic mass is 9.99. The second kappa shape index (κ2) is 7.53. The van der Waals surface area contributed by atoms with Gasteiger partial charge in [-0.2, -0.15) is 0 Å². The SMILES string of the molecule is C=COC(C(C)=O)=C(C)OC1OC(CO)C(O)C(O)C1O. The number of ether oxygens (including phenoxy) is 3. The molecule has 1 aliphatic rings. The zero-order valence-corrected chi connectivity index (χ0v) is 11.8. The number of ketones is 1. The van der Waals surface area contributed by atoms with E-state index in [4.69, 9.17) is 19.3 Å². The lowest BCUT2D eigenvalue weighted by molar-refractivity contribution is -0.291. The highest BCUT2D eigenvalue weighted by Gasteiger charge is 2.44. The molecule has 5 atom stereocenters. The molecular weight excluding hydrogens is 284 g/mol. The Morgan fingerprint density at radius 2 is 1.86 bits per heavy atom. The first-order chi connectivity index (χ1) is 9.83. The third kappa shape index (κ3) is 4.02. The average Bonchev–Trinajstić information content (AvgIpc) is 2.44. The van der Waals surface area contributed by atoms with Gasteiger partial charge in [-0.15, -0.1) is 0 Å². The number of carbonyl (C=O) groups is 1. The van der Waals surface area contributed by atoms with Crippen LogP contribution in [0.5, 0.6) is 0 Å². The summed E-state index contributed by atoms with van der Waals surface area (Å²) >= 11 is 0. The summed E-state index contributed by atoms with van der Waals surface area (Å²) in [7, 11) is 0. The second-order valence-electron chi connectivity index (χ2n) is 4.54. The number of rotatable bonds is 6. The fourth-order valence-electron chi connectivity index (χ4n) is 1.89. The van der Waals surface area contributed by atoms with Gasteiger partial charge in [0.15, 0.2) is 5.78 Å². The number of hydrogen-bond acceptors (Lipinski definition) is 8. The molecular formula is C13H20O8. The molecule has 0 spiro atoms. The minimum absolute atomic E-state index is 0.00623. The molecule has 0 saturated carbocycles. The van der Waals surface area contributed by atoms with Gasteiger partial charge in [0.2, 0.25) is 12.0 Å². The third-order valence-electron chi connectivity index (χ3n) is 2.98. The quantitative estimate of drug-likeness (QED) is 0.355. The average molecular weight is 304 g/mol. The van der Waals surface area contributed by atoms with Gasteiger partial charge in [0.05, 0.1) is 12.9 Å². The predicted octanol–water partition coefficient (Wildman–Crippen LogP) is -1.22. The van der Waals surface area contributed by atoms with Crippen LogP contribution in [0.4, 0.5) is 0 Å². The van der Waals surface area contributed by atoms with Gasteiger partial charge >= 0.3 is 0 Å². The molecule has 1 heterocycles. The Morgan fingerprint density at radius 1 is 1.24 bits per heavy atom. The maximum atomic E-state index is 11.4. The van der Waals surface area contributed by atoms with E-state index in [1.54, 1.807) is 0 Å². The van der Waals surface area contributed by atoms with Gasteiger partial charge in [-0.25, -0.2) is 0 Å². The molecule has 0 bridgehead atoms. The van der Waals surface area contributed by atoms with Crippen molar-refractivity contribution in [1.29, 1.82) is 0 Å². The van der Waals surface area contributed by atoms with E-state index in [2.05, 4.69) is 6.58 Å². The Bertz CT molecular complexity index is 416. The van der Waals surface area contributed by atoms with Crippen molar-refractivity contribution in [2.45, 2.75) is 44.6 Å². The van der Waals surface area contributed by atoms with Crippen LogP contribution in [0.3, 0.4) is 0 Å². The van der Waals surface area contributed by atoms with E-state index in [0.29, 0.717) is 0 Å². The summed E-state index contributed by atoms with van der Waals surface area (Å²) in [6, 6.07) is 0. The van der Waals surface area contributed by atoms with Crippen molar-refractivity contribution in [1.82, 2.24) is 0 Å². The zero-order valence-electron chi connectivity index (χ0n) is 11.8. The summed E-state index contributed by atoms with van der Waals surface area (Å²) in [4.78, 5) is 11.4. The summed E-state index contributed by atoms with van der Waals surface area (Å²) in [6.07, 6.45) is -6.03. The predicted molar refractivity (Wildman–Crippen MR) is 69.5 cm³/mol. The Hall–Kier alpha value is -1.45. The van der Waals surface area contributed by atoms with Gasteiger partial charge in [-0.3, -0.25) is 4.79 Å². The molecule has 8 nitrogen and oxygen atoms in total. The molecule has 0 aromatic rings. The van der Waals surface area contributed by atoms with Crippen LogP contribution in [0.2, 0.25) is 0 Å². The number of aliphatic hydroxyl groups excluding tert-OH is 4. The highest BCUT2D eigenvalue weighted by atomic mass is 16.7. The highest BCUT2D eigenvalue weighted by molar-refractivity contribution is 5.91. The topological polar surface area (TPSA) is 126 Å². The van der Waals surface area contributed by atoms with E-state index in [9.17, 15) is 20.1 Å². The molecule has 1 aliphatic heterocycles. The molecule has 0 aromatic heterocycles. The lowest BCUT2D eigenvalue weighted by Crippen LogP contribution is -2.59. The molecule has 4 N–H and O–H groups in total. The number of Topliss-reactive ketones (excluding diaryl/α,β-unsaturated/α-hetero) is 1. The molecule has 0 aromatic carbocycles. The molecule has 0 aliphatic carbocycles. The second-order valence-corrected chi connectivity index (χ2v) is 4.54. The molecule has 1 saturated heterocycles. The van der Waals surface area contributed by atoms with Crippen LogP contribution < -0.4 is 0 Å². The minimum atomic E-state index is -1.56. The van der Waals surface area contributed by atoms with Gasteiger partial charge in [0.1, 0.15) is 30.2 Å². The Morgan fingerprint density at radius 3 is 2.33 bits per heavy atom. The van der Waals surface area contributed by atoms with E-state index in [0.717, 1.165) is 6.26 Å². The number of aliphatic hydroxyl groups is 4. The van der Waals surface area contributed by atoms with Crippen molar-refractivity contribution >= 4 is 5.78 Å². The van der Waals surface area contributed by atoms with E-state index >= 15 is 0 Å². The van der Waals surface area contributed by atoms with Crippen molar-refractivity contribution in [2.24, 2.45) is 0 Å². The molecule has 8 heteroatoms. The summed E-state index contributed by atoms with van der Waals surface area (Å²) < 4.78 is 15.3. The molecule has 1 rings (SSSR count). The first kappa shape index (κ1) is 17.6. The first-order valence-corrected chi connectivity index (χ1v) is 6.30. The molecule has 120 valence electrons. The summed E-state index contributed by atoms with van der Waals surface area (Å²) in [5, 5.41) is 38.1. The van der Waals surface area contributed by atoms with Crippen molar-refractivity contribution < 1.29 is 39.4 Å². The largest absolute Gasteiger partial charge is 0.463 e. The van der Waals surface area contributed by atoms with Gasteiger partial charge in [0.25, 0.3) is 0 Å². The van der Waals surface area contributed by atoms with E-state index in [1.807, 2.05) is 0 Å². The highest BCUT2D eigenvalue weighted by Crippen LogP contribution is 2.24. The Labute approximate surface area is 121 Å². The number of allylic oxidation sites excluding steroid dienone is 2. The Balaban J connectivity index is 2.91. The third-order valence-corrected chi connectivity index (χ3v) is 2.98. The van der Waals surface area contributed by atoms with Crippen LogP contribution >= 0.6 is 0 Å². The van der Waals surface area contributed by atoms with Crippen LogP contribution in [-0.2, 0) is 19.0 Å². The summed E-state index contributed by atoms with van der Waals surface area (Å²) in [5.41, 5.74) is 0. The van der Waals surface area contributed by atoms with Crippen molar-refractivity contribution in [2.75, 3.05) is 6.61 Å². The molecule has 5 unspecified atom stereocenters. The fraction of sp³-hybridized carbons (Fsp3) is 0.615. The Kier molecular flexibility index (Phi) is 6.31. The number of hydrogen-bond donors (Lipinski definition) is 4. The number of carbonyl (C=O) groups excluding carboxylic acids is 1. The summed E-state index contributed by atoms with van der Waals surface area (Å²) in [5.74, 6) is -0.564. The van der Waals surface area contributed by atoms with Gasteiger partial charge < -0.3 is 34.6 Å². The zero-order chi connectivity index (χ0) is 16.2. The maximum Gasteiger partial charge on any atom is 0.228 e. The smallest absolute Gasteiger partial charge is 0.228 e. The van der Waals surface area contributed by atoms with Crippen LogP contribution in [0.25, 0.3) is 0 Å². The van der Waals surface area contributed by atoms with Crippen LogP contribution in [0.15, 0.2) is 24.4 Å². The van der Waals surface area contributed by atoms with E-state index in [1.165, 1.54) is 13.8 Å². The van der Waals surface area contributed by atoms with Crippen molar-refractivity contribution in [3.63, 3.8) is 0 Å².